The molecule has 1 aromatic rings. The molecule has 0 fully saturated rings. The molecule has 0 aliphatic carbocycles. The number of nitrogens with two attached hydrogens (primary N) is 1. The van der Waals surface area contributed by atoms with E-state index in [1.54, 1.807) is 0 Å². The summed E-state index contributed by atoms with van der Waals surface area (Å²) in [5, 5.41) is 15.5. The Morgan fingerprint density at radius 2 is 2.06 bits per heavy atom. The number of rotatable bonds is 4. The van der Waals surface area contributed by atoms with E-state index in [0.717, 1.165) is 19.2 Å². The molecular formula is C8H8N2O6S. The molecule has 0 saturated heterocycles. The fraction of sp³-hybridized carbons (Fsp3) is 0.125. The lowest BCUT2D eigenvalue weighted by Crippen LogP contribution is -2.15. The van der Waals surface area contributed by atoms with E-state index in [0.29, 0.717) is 0 Å². The fourth-order valence-electron chi connectivity index (χ4n) is 1.21. The highest BCUT2D eigenvalue weighted by Crippen LogP contribution is 2.31. The van der Waals surface area contributed by atoms with Gasteiger partial charge in [0.1, 0.15) is 0 Å². The second kappa shape index (κ2) is 4.47. The van der Waals surface area contributed by atoms with Crippen molar-refractivity contribution < 1.29 is 22.9 Å². The van der Waals surface area contributed by atoms with E-state index >= 15 is 0 Å². The summed E-state index contributed by atoms with van der Waals surface area (Å²) in [6, 6.07) is 1.64. The largest absolute Gasteiger partial charge is 0.490 e. The van der Waals surface area contributed by atoms with Gasteiger partial charge in [0.05, 0.1) is 16.9 Å². The molecule has 17 heavy (non-hydrogen) atoms. The van der Waals surface area contributed by atoms with Gasteiger partial charge in [0, 0.05) is 17.7 Å². The van der Waals surface area contributed by atoms with Crippen LogP contribution in [0.4, 0.5) is 5.69 Å². The summed E-state index contributed by atoms with van der Waals surface area (Å²) in [6.07, 6.45) is 0.173. The van der Waals surface area contributed by atoms with Gasteiger partial charge in [-0.2, -0.15) is 0 Å². The molecule has 0 aromatic heterocycles. The molecule has 1 rings (SSSR count). The van der Waals surface area contributed by atoms with E-state index in [1.807, 2.05) is 0 Å². The van der Waals surface area contributed by atoms with E-state index in [1.165, 1.54) is 0 Å². The number of benzene rings is 1. The van der Waals surface area contributed by atoms with Crippen LogP contribution in [0.5, 0.6) is 5.75 Å². The minimum absolute atomic E-state index is 0.173. The number of ether oxygens (including phenoxy) is 1. The average Bonchev–Trinajstić information content (AvgIpc) is 2.25. The molecule has 0 bridgehead atoms. The van der Waals surface area contributed by atoms with Gasteiger partial charge in [-0.05, 0) is 0 Å². The zero-order chi connectivity index (χ0) is 13.2. The second-order valence-electron chi connectivity index (χ2n) is 2.98. The van der Waals surface area contributed by atoms with Crippen LogP contribution in [0.2, 0.25) is 0 Å². The number of primary sulfonamides is 1. The number of carbonyl (C=O) groups excluding carboxylic acids is 1. The van der Waals surface area contributed by atoms with E-state index < -0.39 is 25.5 Å². The Kier molecular flexibility index (Phi) is 3.44. The maximum Gasteiger partial charge on any atom is 0.311 e. The van der Waals surface area contributed by atoms with Gasteiger partial charge in [0.15, 0.2) is 12.0 Å². The first kappa shape index (κ1) is 13.1. The molecule has 0 aliphatic heterocycles. The Labute approximate surface area is 96.2 Å². The van der Waals surface area contributed by atoms with Gasteiger partial charge in [0.2, 0.25) is 10.0 Å². The number of methoxy groups -OCH3 is 1. The fourth-order valence-corrected chi connectivity index (χ4v) is 1.92. The van der Waals surface area contributed by atoms with Crippen molar-refractivity contribution in [3.05, 3.63) is 27.8 Å². The van der Waals surface area contributed by atoms with Gasteiger partial charge in [-0.3, -0.25) is 14.9 Å². The van der Waals surface area contributed by atoms with Crippen molar-refractivity contribution in [3.8, 4) is 5.75 Å². The summed E-state index contributed by atoms with van der Waals surface area (Å²) in [5.74, 6) is -0.287. The zero-order valence-electron chi connectivity index (χ0n) is 8.61. The molecule has 8 nitrogen and oxygen atoms in total. The Hall–Kier alpha value is -2.00. The second-order valence-corrected chi connectivity index (χ2v) is 4.51. The summed E-state index contributed by atoms with van der Waals surface area (Å²) in [5.41, 5.74) is -0.901. The van der Waals surface area contributed by atoms with Gasteiger partial charge in [-0.1, -0.05) is 0 Å². The van der Waals surface area contributed by atoms with Crippen molar-refractivity contribution >= 4 is 22.0 Å². The third kappa shape index (κ3) is 2.57. The normalized spacial score (nSPS) is 10.9. The quantitative estimate of drug-likeness (QED) is 0.463. The molecule has 0 amide bonds. The number of aldehydes is 1. The van der Waals surface area contributed by atoms with Crippen LogP contribution in [-0.2, 0) is 10.0 Å². The Balaban J connectivity index is 3.66. The predicted molar refractivity (Wildman–Crippen MR) is 56.4 cm³/mol. The van der Waals surface area contributed by atoms with Crippen molar-refractivity contribution in [2.45, 2.75) is 4.90 Å². The van der Waals surface area contributed by atoms with Crippen molar-refractivity contribution in [2.24, 2.45) is 5.14 Å². The summed E-state index contributed by atoms with van der Waals surface area (Å²) in [7, 11) is -3.02. The van der Waals surface area contributed by atoms with Crippen LogP contribution in [0, 0.1) is 10.1 Å². The first-order valence-electron chi connectivity index (χ1n) is 4.15. The Bertz CT molecular complexity index is 580. The summed E-state index contributed by atoms with van der Waals surface area (Å²) in [6.45, 7) is 0. The number of carbonyl (C=O) groups is 1. The van der Waals surface area contributed by atoms with Crippen molar-refractivity contribution in [2.75, 3.05) is 7.11 Å². The number of nitro benzene ring substituents is 1. The minimum Gasteiger partial charge on any atom is -0.490 e. The lowest BCUT2D eigenvalue weighted by Gasteiger charge is -2.06. The van der Waals surface area contributed by atoms with Crippen LogP contribution < -0.4 is 9.88 Å². The Morgan fingerprint density at radius 1 is 1.47 bits per heavy atom. The van der Waals surface area contributed by atoms with Crippen molar-refractivity contribution in [1.82, 2.24) is 0 Å². The maximum absolute atomic E-state index is 11.2. The molecule has 92 valence electrons. The van der Waals surface area contributed by atoms with E-state index in [4.69, 9.17) is 5.14 Å². The maximum atomic E-state index is 11.2. The number of nitrogens with zero attached hydrogens (tertiary/aromatic N) is 1. The average molecular weight is 260 g/mol. The third-order valence-corrected chi connectivity index (χ3v) is 2.91. The standard InChI is InChI=1S/C8H8N2O6S/c1-16-7-3-8(17(9,14)15)5(4-11)2-6(7)10(12)13/h2-4H,1H3,(H2,9,14,15). The molecule has 0 saturated carbocycles. The van der Waals surface area contributed by atoms with Crippen LogP contribution in [0.1, 0.15) is 10.4 Å². The molecule has 2 N–H and O–H groups in total. The zero-order valence-corrected chi connectivity index (χ0v) is 9.43. The molecule has 0 spiro atoms. The Morgan fingerprint density at radius 3 is 2.41 bits per heavy atom. The van der Waals surface area contributed by atoms with E-state index in [-0.39, 0.29) is 17.6 Å². The van der Waals surface area contributed by atoms with Crippen LogP contribution in [0.25, 0.3) is 0 Å². The molecule has 0 aliphatic rings. The monoisotopic (exact) mass is 260 g/mol. The molecule has 0 unspecified atom stereocenters. The van der Waals surface area contributed by atoms with Crippen LogP contribution in [-0.4, -0.2) is 26.7 Å². The van der Waals surface area contributed by atoms with Crippen molar-refractivity contribution in [1.29, 1.82) is 0 Å². The van der Waals surface area contributed by atoms with Gasteiger partial charge in [-0.25, -0.2) is 13.6 Å². The van der Waals surface area contributed by atoms with E-state index in [2.05, 4.69) is 4.74 Å². The van der Waals surface area contributed by atoms with Gasteiger partial charge in [-0.15, -0.1) is 0 Å². The van der Waals surface area contributed by atoms with Gasteiger partial charge in [0.25, 0.3) is 0 Å². The van der Waals surface area contributed by atoms with Crippen LogP contribution >= 0.6 is 0 Å². The molecule has 0 radical (unpaired) electrons. The number of hydrogen-bond donors (Lipinski definition) is 1. The molecular weight excluding hydrogens is 252 g/mol. The van der Waals surface area contributed by atoms with E-state index in [9.17, 15) is 23.3 Å². The topological polar surface area (TPSA) is 130 Å². The smallest absolute Gasteiger partial charge is 0.311 e. The first-order chi connectivity index (χ1) is 7.81. The summed E-state index contributed by atoms with van der Waals surface area (Å²) < 4.78 is 27.0. The highest BCUT2D eigenvalue weighted by molar-refractivity contribution is 7.89. The number of nitro groups is 1. The minimum atomic E-state index is -4.15. The van der Waals surface area contributed by atoms with Crippen LogP contribution in [0.15, 0.2) is 17.0 Å². The number of hydrogen-bond acceptors (Lipinski definition) is 6. The third-order valence-electron chi connectivity index (χ3n) is 1.94. The summed E-state index contributed by atoms with van der Waals surface area (Å²) >= 11 is 0. The van der Waals surface area contributed by atoms with Gasteiger partial charge >= 0.3 is 5.69 Å². The molecule has 0 heterocycles. The lowest BCUT2D eigenvalue weighted by atomic mass is 10.2. The predicted octanol–water partition coefficient (Wildman–Crippen LogP) is 0.0633. The molecule has 9 heteroatoms. The first-order valence-corrected chi connectivity index (χ1v) is 5.70. The van der Waals surface area contributed by atoms with Gasteiger partial charge < -0.3 is 4.74 Å². The summed E-state index contributed by atoms with van der Waals surface area (Å²) in [4.78, 5) is 20.0. The number of sulfonamides is 1. The lowest BCUT2D eigenvalue weighted by molar-refractivity contribution is -0.385. The highest BCUT2D eigenvalue weighted by Gasteiger charge is 2.23. The van der Waals surface area contributed by atoms with Crippen LogP contribution in [0.3, 0.4) is 0 Å². The highest BCUT2D eigenvalue weighted by atomic mass is 32.2. The van der Waals surface area contributed by atoms with Crippen molar-refractivity contribution in [3.63, 3.8) is 0 Å². The SMILES string of the molecule is COc1cc(S(N)(=O)=O)c(C=O)cc1[N+](=O)[O-]. The molecule has 1 aromatic carbocycles. The molecule has 0 atom stereocenters.